The van der Waals surface area contributed by atoms with Crippen molar-refractivity contribution in [1.29, 1.82) is 0 Å². The lowest BCUT2D eigenvalue weighted by molar-refractivity contribution is -0.167. The average Bonchev–Trinajstić information content (AvgIpc) is 3.47. The number of allylic oxidation sites excluding steroid dienone is 32. The summed E-state index contributed by atoms with van der Waals surface area (Å²) in [6.07, 6.45) is 103. The van der Waals surface area contributed by atoms with Gasteiger partial charge in [-0.1, -0.05) is 260 Å². The number of hydrogen-bond acceptors (Lipinski definition) is 6. The van der Waals surface area contributed by atoms with Crippen LogP contribution in [0.2, 0.25) is 0 Å². The predicted molar refractivity (Wildman–Crippen MR) is 357 cm³/mol. The van der Waals surface area contributed by atoms with Gasteiger partial charge in [-0.05, 0) is 161 Å². The van der Waals surface area contributed by atoms with Gasteiger partial charge in [0, 0.05) is 19.3 Å². The summed E-state index contributed by atoms with van der Waals surface area (Å²) in [5, 5.41) is 0. The fraction of sp³-hybridized carbons (Fsp3) is 0.539. The largest absolute Gasteiger partial charge is 0.462 e. The monoisotopic (exact) mass is 1120 g/mol. The van der Waals surface area contributed by atoms with Crippen LogP contribution in [0.3, 0.4) is 0 Å². The van der Waals surface area contributed by atoms with E-state index in [1.54, 1.807) is 0 Å². The average molecular weight is 1130 g/mol. The van der Waals surface area contributed by atoms with E-state index in [1.807, 2.05) is 0 Å². The molecule has 1 unspecified atom stereocenters. The van der Waals surface area contributed by atoms with Crippen LogP contribution >= 0.6 is 0 Å². The topological polar surface area (TPSA) is 78.9 Å². The Labute approximate surface area is 503 Å². The van der Waals surface area contributed by atoms with E-state index < -0.39 is 6.10 Å². The van der Waals surface area contributed by atoms with Crippen LogP contribution in [-0.4, -0.2) is 37.2 Å². The molecule has 0 aliphatic carbocycles. The Kier molecular flexibility index (Phi) is 63.0. The molecule has 0 spiro atoms. The second kappa shape index (κ2) is 67.8. The van der Waals surface area contributed by atoms with Gasteiger partial charge in [-0.15, -0.1) is 0 Å². The quantitative estimate of drug-likeness (QED) is 0.0261. The molecule has 0 aliphatic heterocycles. The maximum absolute atomic E-state index is 12.9. The standard InChI is InChI=1S/C76H116O6/c1-4-7-10-13-16-19-22-25-28-30-32-34-35-36-37-38-39-40-41-43-44-46-48-51-54-57-60-63-66-69-75(78)81-72-73(71-80-74(77)68-65-62-59-56-53-50-27-24-21-18-15-12-9-6-3)82-76(79)70-67-64-61-58-55-52-49-47-45-42-33-31-29-26-23-20-17-14-11-8-5-2/h7-8,10-11,15-20,24-29,32-34,36-37,39-40,42-44,47-49,51,55,58,73H,4-6,9,12-14,21-23,30-31,35,38,41,45-46,50,52-54,56-57,59-72H2,1-3H3/b10-7-,11-8-,18-15-,19-16-,20-17-,27-24-,28-25-,29-26-,34-32-,37-36-,40-39-,42-33-,44-43-,49-47-,51-48-,58-55-. The molecule has 0 fully saturated rings. The van der Waals surface area contributed by atoms with Crippen LogP contribution in [0.15, 0.2) is 194 Å². The van der Waals surface area contributed by atoms with E-state index in [9.17, 15) is 14.4 Å². The van der Waals surface area contributed by atoms with E-state index in [0.29, 0.717) is 19.3 Å². The van der Waals surface area contributed by atoms with Crippen LogP contribution in [0, 0.1) is 0 Å². The molecule has 0 rings (SSSR count). The van der Waals surface area contributed by atoms with Crippen molar-refractivity contribution in [3.63, 3.8) is 0 Å². The van der Waals surface area contributed by atoms with Crippen molar-refractivity contribution >= 4 is 17.9 Å². The zero-order chi connectivity index (χ0) is 59.2. The molecule has 6 heteroatoms. The Hall–Kier alpha value is -5.75. The van der Waals surface area contributed by atoms with Gasteiger partial charge in [0.25, 0.3) is 0 Å². The van der Waals surface area contributed by atoms with Crippen molar-refractivity contribution < 1.29 is 28.6 Å². The summed E-state index contributed by atoms with van der Waals surface area (Å²) in [6, 6.07) is 0. The number of carbonyl (C=O) groups excluding carboxylic acids is 3. The Morgan fingerprint density at radius 3 is 0.768 bits per heavy atom. The Bertz CT molecular complexity index is 1970. The SMILES string of the molecule is CC/C=C\C/C=C\C/C=C\C/C=C\C/C=C\C/C=C\C/C=C\C/C=C\CCCCCCC(=O)OCC(COC(=O)CCCCCCC/C=C\C/C=C\CCCC)OC(=O)CCCC/C=C\C/C=C\C/C=C\C/C=C\C/C=C\C/C=C\CC. The smallest absolute Gasteiger partial charge is 0.306 e. The van der Waals surface area contributed by atoms with Crippen molar-refractivity contribution in [2.24, 2.45) is 0 Å². The molecule has 0 saturated carbocycles. The third kappa shape index (κ3) is 65.1. The Morgan fingerprint density at radius 2 is 0.476 bits per heavy atom. The lowest BCUT2D eigenvalue weighted by Gasteiger charge is -2.18. The third-order valence-corrected chi connectivity index (χ3v) is 12.8. The molecule has 0 aromatic carbocycles. The van der Waals surface area contributed by atoms with Crippen LogP contribution in [0.1, 0.15) is 245 Å². The number of ether oxygens (including phenoxy) is 3. The summed E-state index contributed by atoms with van der Waals surface area (Å²) in [5.41, 5.74) is 0. The van der Waals surface area contributed by atoms with Crippen LogP contribution in [0.4, 0.5) is 0 Å². The normalized spacial score (nSPS) is 13.5. The zero-order valence-electron chi connectivity index (χ0n) is 52.2. The minimum atomic E-state index is -0.832. The van der Waals surface area contributed by atoms with Gasteiger partial charge in [0.15, 0.2) is 6.10 Å². The summed E-state index contributed by atoms with van der Waals surface area (Å²) in [5.74, 6) is -1.01. The van der Waals surface area contributed by atoms with E-state index >= 15 is 0 Å². The molecule has 82 heavy (non-hydrogen) atoms. The summed E-state index contributed by atoms with van der Waals surface area (Å²) < 4.78 is 16.8. The highest BCUT2D eigenvalue weighted by Gasteiger charge is 2.19. The summed E-state index contributed by atoms with van der Waals surface area (Å²) in [4.78, 5) is 38.3. The molecule has 1 atom stereocenters. The Balaban J connectivity index is 4.52. The van der Waals surface area contributed by atoms with Crippen LogP contribution < -0.4 is 0 Å². The van der Waals surface area contributed by atoms with Gasteiger partial charge in [0.05, 0.1) is 0 Å². The number of hydrogen-bond donors (Lipinski definition) is 0. The van der Waals surface area contributed by atoms with E-state index in [0.717, 1.165) is 180 Å². The highest BCUT2D eigenvalue weighted by Crippen LogP contribution is 2.12. The molecule has 0 radical (unpaired) electrons. The molecular formula is C76H116O6. The van der Waals surface area contributed by atoms with E-state index in [4.69, 9.17) is 14.2 Å². The van der Waals surface area contributed by atoms with Gasteiger partial charge in [-0.2, -0.15) is 0 Å². The highest BCUT2D eigenvalue weighted by molar-refractivity contribution is 5.71. The van der Waals surface area contributed by atoms with E-state index in [2.05, 4.69) is 215 Å². The second-order valence-electron chi connectivity index (χ2n) is 20.5. The highest BCUT2D eigenvalue weighted by atomic mass is 16.6. The van der Waals surface area contributed by atoms with Gasteiger partial charge in [-0.3, -0.25) is 14.4 Å². The molecule has 6 nitrogen and oxygen atoms in total. The van der Waals surface area contributed by atoms with Crippen molar-refractivity contribution in [3.05, 3.63) is 194 Å². The summed E-state index contributed by atoms with van der Waals surface area (Å²) in [7, 11) is 0. The van der Waals surface area contributed by atoms with Gasteiger partial charge < -0.3 is 14.2 Å². The lowest BCUT2D eigenvalue weighted by Crippen LogP contribution is -2.30. The lowest BCUT2D eigenvalue weighted by atomic mass is 10.1. The van der Waals surface area contributed by atoms with Crippen LogP contribution in [-0.2, 0) is 28.6 Å². The zero-order valence-corrected chi connectivity index (χ0v) is 52.2. The molecular weight excluding hydrogens is 1010 g/mol. The summed E-state index contributed by atoms with van der Waals surface area (Å²) in [6.45, 7) is 6.29. The van der Waals surface area contributed by atoms with Crippen molar-refractivity contribution in [1.82, 2.24) is 0 Å². The predicted octanol–water partition coefficient (Wildman–Crippen LogP) is 22.6. The molecule has 456 valence electrons. The van der Waals surface area contributed by atoms with E-state index in [-0.39, 0.29) is 37.5 Å². The first-order chi connectivity index (χ1) is 40.5. The third-order valence-electron chi connectivity index (χ3n) is 12.8. The van der Waals surface area contributed by atoms with Crippen LogP contribution in [0.5, 0.6) is 0 Å². The molecule has 0 heterocycles. The first-order valence-corrected chi connectivity index (χ1v) is 32.4. The first-order valence-electron chi connectivity index (χ1n) is 32.4. The number of unbranched alkanes of at least 4 members (excludes halogenated alkanes) is 13. The molecule has 0 N–H and O–H groups in total. The van der Waals surface area contributed by atoms with Gasteiger partial charge >= 0.3 is 17.9 Å². The minimum absolute atomic E-state index is 0.122. The number of rotatable bonds is 56. The minimum Gasteiger partial charge on any atom is -0.462 e. The van der Waals surface area contributed by atoms with Crippen molar-refractivity contribution in [2.45, 2.75) is 252 Å². The first kappa shape index (κ1) is 76.2. The fourth-order valence-electron chi connectivity index (χ4n) is 8.01. The second-order valence-corrected chi connectivity index (χ2v) is 20.5. The van der Waals surface area contributed by atoms with Crippen molar-refractivity contribution in [2.75, 3.05) is 13.2 Å². The maximum Gasteiger partial charge on any atom is 0.306 e. The molecule has 0 aromatic rings. The number of carbonyl (C=O) groups is 3. The number of esters is 3. The summed E-state index contributed by atoms with van der Waals surface area (Å²) >= 11 is 0. The van der Waals surface area contributed by atoms with Gasteiger partial charge in [0.1, 0.15) is 13.2 Å². The van der Waals surface area contributed by atoms with Crippen molar-refractivity contribution in [3.8, 4) is 0 Å². The van der Waals surface area contributed by atoms with Gasteiger partial charge in [-0.25, -0.2) is 0 Å². The molecule has 0 aromatic heterocycles. The fourth-order valence-corrected chi connectivity index (χ4v) is 8.01. The molecule has 0 aliphatic rings. The van der Waals surface area contributed by atoms with E-state index in [1.165, 1.54) is 19.3 Å². The molecule has 0 saturated heterocycles. The molecule has 0 amide bonds. The van der Waals surface area contributed by atoms with Gasteiger partial charge in [0.2, 0.25) is 0 Å². The maximum atomic E-state index is 12.9. The Morgan fingerprint density at radius 1 is 0.256 bits per heavy atom. The molecule has 0 bridgehead atoms. The van der Waals surface area contributed by atoms with Crippen LogP contribution in [0.25, 0.3) is 0 Å².